The van der Waals surface area contributed by atoms with Crippen molar-refractivity contribution in [1.29, 1.82) is 0 Å². The minimum absolute atomic E-state index is 0. The third-order valence-corrected chi connectivity index (χ3v) is 4.41. The topological polar surface area (TPSA) is 94.0 Å². The summed E-state index contributed by atoms with van der Waals surface area (Å²) < 4.78 is 1.62. The summed E-state index contributed by atoms with van der Waals surface area (Å²) in [5, 5.41) is 8.67. The number of anilines is 2. The zero-order valence-corrected chi connectivity index (χ0v) is 14.9. The van der Waals surface area contributed by atoms with Gasteiger partial charge < -0.3 is 11.1 Å². The van der Waals surface area contributed by atoms with Gasteiger partial charge in [0.15, 0.2) is 11.5 Å². The third-order valence-electron chi connectivity index (χ3n) is 3.82. The predicted molar refractivity (Wildman–Crippen MR) is 109 cm³/mol. The summed E-state index contributed by atoms with van der Waals surface area (Å²) in [4.78, 5) is 12.9. The van der Waals surface area contributed by atoms with E-state index >= 15 is 0 Å². The molecule has 0 bridgehead atoms. The molecule has 0 aliphatic carbocycles. The average molecular weight is 392 g/mol. The molecule has 3 N–H and O–H groups in total. The summed E-state index contributed by atoms with van der Waals surface area (Å²) in [5.41, 5.74) is 8.90. The molecule has 0 saturated heterocycles. The van der Waals surface area contributed by atoms with Gasteiger partial charge in [0, 0.05) is 39.3 Å². The number of hydrogen-bond acceptors (Lipinski definition) is 6. The lowest BCUT2D eigenvalue weighted by Crippen LogP contribution is -2.03. The number of fused-ring (bicyclic) bond motifs is 1. The Hall–Kier alpha value is -2.90. The van der Waals surface area contributed by atoms with Crippen molar-refractivity contribution in [3.05, 3.63) is 64.7 Å². The summed E-state index contributed by atoms with van der Waals surface area (Å²) in [6.07, 6.45) is 4.93. The smallest absolute Gasteiger partial charge is 0.166 e. The molecule has 9 heteroatoms. The van der Waals surface area contributed by atoms with Crippen LogP contribution in [0.1, 0.15) is 9.84 Å². The molecule has 0 saturated carbocycles. The number of nitrogens with one attached hydrogen (secondary N) is 1. The average Bonchev–Trinajstić information content (AvgIpc) is 2.97. The fourth-order valence-corrected chi connectivity index (χ4v) is 3.07. The lowest BCUT2D eigenvalue weighted by atomic mass is 10.2. The molecule has 0 fully saturated rings. The molecule has 0 amide bonds. The zero-order chi connectivity index (χ0) is 18.1. The number of aromatic nitrogens is 5. The van der Waals surface area contributed by atoms with Crippen molar-refractivity contribution in [3.8, 4) is 11.3 Å². The van der Waals surface area contributed by atoms with Gasteiger partial charge in [0.2, 0.25) is 0 Å². The van der Waals surface area contributed by atoms with Gasteiger partial charge in [-0.2, -0.15) is 0 Å². The van der Waals surface area contributed by atoms with E-state index in [9.17, 15) is 0 Å². The van der Waals surface area contributed by atoms with Gasteiger partial charge in [-0.05, 0) is 23.8 Å². The second-order valence-electron chi connectivity index (χ2n) is 5.53. The highest BCUT2D eigenvalue weighted by molar-refractivity contribution is 6.35. The van der Waals surface area contributed by atoms with Gasteiger partial charge in [0.05, 0.1) is 11.3 Å². The monoisotopic (exact) mass is 391 g/mol. The van der Waals surface area contributed by atoms with Crippen LogP contribution in [0.15, 0.2) is 49.1 Å². The molecule has 0 spiro atoms. The van der Waals surface area contributed by atoms with Crippen molar-refractivity contribution in [2.45, 2.75) is 6.54 Å². The fourth-order valence-electron chi connectivity index (χ4n) is 2.59. The van der Waals surface area contributed by atoms with E-state index in [1.807, 2.05) is 6.07 Å². The van der Waals surface area contributed by atoms with Gasteiger partial charge in [0.1, 0.15) is 12.1 Å². The van der Waals surface area contributed by atoms with Crippen LogP contribution < -0.4 is 11.1 Å². The van der Waals surface area contributed by atoms with Crippen LogP contribution in [-0.2, 0) is 6.54 Å². The second-order valence-corrected chi connectivity index (χ2v) is 6.37. The molecule has 1 aromatic carbocycles. The number of nitrogens with two attached hydrogens (primary N) is 1. The fraction of sp³-hybridized carbons (Fsp3) is 0.0588. The number of benzene rings is 1. The molecule has 26 heavy (non-hydrogen) atoms. The highest BCUT2D eigenvalue weighted by Gasteiger charge is 2.15. The number of nitrogen functional groups attached to an aromatic ring is 1. The first-order valence-corrected chi connectivity index (χ1v) is 8.46. The van der Waals surface area contributed by atoms with E-state index in [1.165, 1.54) is 6.33 Å². The van der Waals surface area contributed by atoms with Crippen LogP contribution in [0.4, 0.5) is 11.6 Å². The van der Waals surface area contributed by atoms with Gasteiger partial charge >= 0.3 is 0 Å². The quantitative estimate of drug-likeness (QED) is 0.534. The van der Waals surface area contributed by atoms with E-state index in [2.05, 4.69) is 25.4 Å². The maximum atomic E-state index is 6.20. The first kappa shape index (κ1) is 16.6. The van der Waals surface area contributed by atoms with Crippen LogP contribution in [0.3, 0.4) is 0 Å². The van der Waals surface area contributed by atoms with Crippen molar-refractivity contribution in [1.82, 2.24) is 24.6 Å². The summed E-state index contributed by atoms with van der Waals surface area (Å²) in [5.74, 6) is 0.991. The minimum atomic E-state index is 0. The van der Waals surface area contributed by atoms with E-state index in [-0.39, 0.29) is 4.28 Å². The van der Waals surface area contributed by atoms with Crippen LogP contribution in [0.5, 0.6) is 0 Å². The Kier molecular flexibility index (Phi) is 4.32. The van der Waals surface area contributed by atoms with Crippen molar-refractivity contribution in [2.24, 2.45) is 0 Å². The predicted octanol–water partition coefficient (Wildman–Crippen LogP) is 4.43. The van der Waals surface area contributed by atoms with Crippen LogP contribution >= 0.6 is 23.2 Å². The highest BCUT2D eigenvalue weighted by atomic mass is 35.5. The summed E-state index contributed by atoms with van der Waals surface area (Å²) >= 11 is 12.1. The molecule has 3 heterocycles. The normalized spacial score (nSPS) is 11.0. The molecular formula is C17H19Cl2N7. The Balaban J connectivity index is 0.00000140. The van der Waals surface area contributed by atoms with Gasteiger partial charge in [-0.1, -0.05) is 29.3 Å². The van der Waals surface area contributed by atoms with Crippen molar-refractivity contribution in [3.63, 3.8) is 0 Å². The summed E-state index contributed by atoms with van der Waals surface area (Å²) in [6, 6.07) is 8.95. The Morgan fingerprint density at radius 1 is 1.15 bits per heavy atom. The number of nitrogens with zero attached hydrogens (tertiary/aromatic N) is 5. The maximum Gasteiger partial charge on any atom is 0.166 e. The van der Waals surface area contributed by atoms with Crippen molar-refractivity contribution in [2.75, 3.05) is 11.1 Å². The Bertz CT molecular complexity index is 1110. The summed E-state index contributed by atoms with van der Waals surface area (Å²) in [7, 11) is 0. The largest absolute Gasteiger partial charge is 0.382 e. The van der Waals surface area contributed by atoms with E-state index < -0.39 is 0 Å². The first-order chi connectivity index (χ1) is 12.6. The lowest BCUT2D eigenvalue weighted by Gasteiger charge is -2.08. The van der Waals surface area contributed by atoms with Crippen molar-refractivity contribution >= 4 is 40.5 Å². The Labute approximate surface area is 163 Å². The SMILES string of the molecule is Nc1nn2cccnc2c1-c1cc(NCc2ccc(Cl)cc2Cl)ncn1.[HH].[HH].[HH]. The molecule has 7 nitrogen and oxygen atoms in total. The Morgan fingerprint density at radius 3 is 2.88 bits per heavy atom. The molecule has 0 radical (unpaired) electrons. The van der Waals surface area contributed by atoms with Crippen LogP contribution in [-0.4, -0.2) is 24.6 Å². The molecule has 4 rings (SSSR count). The van der Waals surface area contributed by atoms with Crippen LogP contribution in [0.2, 0.25) is 10.0 Å². The maximum absolute atomic E-state index is 6.20. The number of halogens is 2. The van der Waals surface area contributed by atoms with Crippen molar-refractivity contribution < 1.29 is 4.28 Å². The minimum Gasteiger partial charge on any atom is -0.382 e. The van der Waals surface area contributed by atoms with E-state index in [1.54, 1.807) is 41.2 Å². The van der Waals surface area contributed by atoms with Gasteiger partial charge in [-0.25, -0.2) is 19.5 Å². The molecule has 3 aromatic heterocycles. The second kappa shape index (κ2) is 6.78. The third kappa shape index (κ3) is 3.14. The molecule has 0 atom stereocenters. The van der Waals surface area contributed by atoms with Crippen LogP contribution in [0, 0.1) is 0 Å². The first-order valence-electron chi connectivity index (χ1n) is 7.71. The molecule has 0 aliphatic heterocycles. The van der Waals surface area contributed by atoms with E-state index in [0.717, 1.165) is 5.56 Å². The highest BCUT2D eigenvalue weighted by Crippen LogP contribution is 2.28. The van der Waals surface area contributed by atoms with Crippen LogP contribution in [0.25, 0.3) is 16.9 Å². The number of rotatable bonds is 4. The molecule has 136 valence electrons. The van der Waals surface area contributed by atoms with Gasteiger partial charge in [-0.3, -0.25) is 0 Å². The molecule has 0 aliphatic rings. The van der Waals surface area contributed by atoms with Gasteiger partial charge in [-0.15, -0.1) is 5.10 Å². The molecule has 0 unspecified atom stereocenters. The van der Waals surface area contributed by atoms with E-state index in [4.69, 9.17) is 28.9 Å². The van der Waals surface area contributed by atoms with E-state index in [0.29, 0.717) is 45.1 Å². The van der Waals surface area contributed by atoms with Gasteiger partial charge in [0.25, 0.3) is 0 Å². The zero-order valence-electron chi connectivity index (χ0n) is 13.4. The standard InChI is InChI=1S/C17H13Cl2N7.3H2/c18-11-3-2-10(12(19)6-11)8-22-14-7-13(23-9-24-14)15-16(20)25-26-5-1-4-21-17(15)26;;;/h1-7,9H,8H2,(H2,20,25)(H,22,23,24);3*1H. The lowest BCUT2D eigenvalue weighted by molar-refractivity contribution is 0.945. The Morgan fingerprint density at radius 2 is 2.04 bits per heavy atom. The number of hydrogen-bond donors (Lipinski definition) is 2. The summed E-state index contributed by atoms with van der Waals surface area (Å²) in [6.45, 7) is 0.495. The molecule has 4 aromatic rings. The molecular weight excluding hydrogens is 373 g/mol.